The van der Waals surface area contributed by atoms with E-state index in [1.54, 1.807) is 31.6 Å². The molecule has 0 spiro atoms. The zero-order valence-corrected chi connectivity index (χ0v) is 29.7. The molecule has 7 nitrogen and oxygen atoms in total. The van der Waals surface area contributed by atoms with Gasteiger partial charge in [0.05, 0.1) is 35.4 Å². The van der Waals surface area contributed by atoms with E-state index in [9.17, 15) is 13.2 Å². The highest BCUT2D eigenvalue weighted by Gasteiger charge is 2.34. The number of hydrogen-bond acceptors (Lipinski definition) is 6. The van der Waals surface area contributed by atoms with Crippen LogP contribution in [0.4, 0.5) is 13.2 Å². The number of hydrogen-bond donors (Lipinski definition) is 1. The molecule has 1 fully saturated rings. The van der Waals surface area contributed by atoms with E-state index in [0.29, 0.717) is 52.9 Å². The van der Waals surface area contributed by atoms with Crippen molar-refractivity contribution in [3.8, 4) is 0 Å². The molecule has 10 heteroatoms. The Morgan fingerprint density at radius 3 is 2.35 bits per heavy atom. The van der Waals surface area contributed by atoms with Gasteiger partial charge in [0.1, 0.15) is 18.1 Å². The second kappa shape index (κ2) is 18.9. The van der Waals surface area contributed by atoms with E-state index in [0.717, 1.165) is 60.6 Å². The second-order valence-corrected chi connectivity index (χ2v) is 12.0. The third-order valence-corrected chi connectivity index (χ3v) is 8.19. The molecular formula is C39H50F3N5O2. The largest absolute Gasteiger partial charge is 0.489 e. The number of halogens is 3. The summed E-state index contributed by atoms with van der Waals surface area (Å²) in [7, 11) is 1.62. The van der Waals surface area contributed by atoms with Crippen LogP contribution in [0.2, 0.25) is 0 Å². The molecular weight excluding hydrogens is 627 g/mol. The van der Waals surface area contributed by atoms with E-state index in [-0.39, 0.29) is 12.5 Å². The number of unbranched alkanes of at least 4 members (excludes halogenated alkanes) is 1. The molecule has 1 saturated carbocycles. The van der Waals surface area contributed by atoms with Crippen LogP contribution in [0.1, 0.15) is 96.4 Å². The lowest BCUT2D eigenvalue weighted by Gasteiger charge is -2.17. The summed E-state index contributed by atoms with van der Waals surface area (Å²) in [5.41, 5.74) is 4.85. The Labute approximate surface area is 289 Å². The molecule has 1 aromatic carbocycles. The summed E-state index contributed by atoms with van der Waals surface area (Å²) in [6.45, 7) is 18.1. The molecule has 49 heavy (non-hydrogen) atoms. The molecule has 264 valence electrons. The zero-order valence-electron chi connectivity index (χ0n) is 29.7. The van der Waals surface area contributed by atoms with Crippen molar-refractivity contribution in [2.24, 2.45) is 26.8 Å². The van der Waals surface area contributed by atoms with Gasteiger partial charge in [-0.25, -0.2) is 9.98 Å². The number of aromatic nitrogens is 2. The van der Waals surface area contributed by atoms with Crippen LogP contribution in [-0.2, 0) is 16.1 Å². The van der Waals surface area contributed by atoms with E-state index in [4.69, 9.17) is 14.5 Å². The molecule has 1 unspecified atom stereocenters. The van der Waals surface area contributed by atoms with Gasteiger partial charge in [-0.05, 0) is 73.6 Å². The predicted molar refractivity (Wildman–Crippen MR) is 194 cm³/mol. The summed E-state index contributed by atoms with van der Waals surface area (Å²) < 4.78 is 52.4. The average Bonchev–Trinajstić information content (AvgIpc) is 3.81. The van der Waals surface area contributed by atoms with Crippen LogP contribution in [0, 0.1) is 11.8 Å². The van der Waals surface area contributed by atoms with Crippen molar-refractivity contribution in [1.82, 2.24) is 10.2 Å². The second-order valence-electron chi connectivity index (χ2n) is 12.0. The number of allylic oxidation sites excluding steroid dienone is 5. The molecule has 1 heterocycles. The van der Waals surface area contributed by atoms with Crippen LogP contribution >= 0.6 is 0 Å². The normalized spacial score (nSPS) is 16.1. The first-order chi connectivity index (χ1) is 23.5. The summed E-state index contributed by atoms with van der Waals surface area (Å²) in [4.78, 5) is 13.7. The lowest BCUT2D eigenvalue weighted by Crippen LogP contribution is -2.17. The Morgan fingerprint density at radius 2 is 1.82 bits per heavy atom. The number of nitrogens with one attached hydrogen (secondary N) is 1. The number of benzene rings is 1. The summed E-state index contributed by atoms with van der Waals surface area (Å²) >= 11 is 0. The molecule has 0 amide bonds. The Kier molecular flexibility index (Phi) is 15.0. The predicted octanol–water partition coefficient (Wildman–Crippen LogP) is 10.7. The van der Waals surface area contributed by atoms with Gasteiger partial charge >= 0.3 is 6.18 Å². The quantitative estimate of drug-likeness (QED) is 0.0912. The fourth-order valence-electron chi connectivity index (χ4n) is 5.00. The van der Waals surface area contributed by atoms with Crippen molar-refractivity contribution >= 4 is 23.2 Å². The van der Waals surface area contributed by atoms with Gasteiger partial charge in [0, 0.05) is 18.6 Å². The van der Waals surface area contributed by atoms with Gasteiger partial charge in [0.2, 0.25) is 5.88 Å². The summed E-state index contributed by atoms with van der Waals surface area (Å²) in [6, 6.07) is 9.02. The molecule has 0 radical (unpaired) electrons. The number of H-pyrrole nitrogens is 1. The standard InChI is InChI=1S/C39H50F3N5O2/c1-9-13-22-43-38(48-8)36(27(6)30-19-20-30)34(14-10-2)44-24-32(33-21-23-45-47-33)28(7)49-25-29-15-17-31(18-16-29)37(26(5)11-3)46-35(12-4)39(40,41)42/h12,15-18,21-24,26,30H,6-7,9-11,13-14,19-20,25H2,1-5,8H3,(H,45,47)/b32-24+,35-12-,38-36-,43-22-,44-34-,46-37?. The average molecular weight is 678 g/mol. The van der Waals surface area contributed by atoms with E-state index in [1.165, 1.54) is 6.92 Å². The molecule has 0 saturated heterocycles. The van der Waals surface area contributed by atoms with Crippen LogP contribution in [0.25, 0.3) is 5.57 Å². The fourth-order valence-corrected chi connectivity index (χ4v) is 5.00. The van der Waals surface area contributed by atoms with Gasteiger partial charge in [-0.3, -0.25) is 10.1 Å². The minimum absolute atomic E-state index is 0.167. The first-order valence-corrected chi connectivity index (χ1v) is 17.0. The van der Waals surface area contributed by atoms with Crippen molar-refractivity contribution in [2.45, 2.75) is 92.3 Å². The summed E-state index contributed by atoms with van der Waals surface area (Å²) in [5, 5.41) is 7.10. The van der Waals surface area contributed by atoms with Gasteiger partial charge in [0.25, 0.3) is 0 Å². The fraction of sp³-hybridized carbons (Fsp3) is 0.436. The van der Waals surface area contributed by atoms with E-state index < -0.39 is 11.9 Å². The van der Waals surface area contributed by atoms with E-state index in [2.05, 4.69) is 47.2 Å². The highest BCUT2D eigenvalue weighted by atomic mass is 19.4. The third-order valence-electron chi connectivity index (χ3n) is 8.19. The van der Waals surface area contributed by atoms with Crippen LogP contribution in [0.3, 0.4) is 0 Å². The molecule has 1 aliphatic rings. The number of alkyl halides is 3. The van der Waals surface area contributed by atoms with Crippen LogP contribution in [-0.4, -0.2) is 41.1 Å². The molecule has 1 aliphatic carbocycles. The van der Waals surface area contributed by atoms with E-state index in [1.807, 2.05) is 38.3 Å². The third kappa shape index (κ3) is 11.3. The summed E-state index contributed by atoms with van der Waals surface area (Å²) in [5.74, 6) is 1.10. The first-order valence-electron chi connectivity index (χ1n) is 17.0. The van der Waals surface area contributed by atoms with Crippen molar-refractivity contribution in [1.29, 1.82) is 0 Å². The lowest BCUT2D eigenvalue weighted by molar-refractivity contribution is -0.0924. The molecule has 1 N–H and O–H groups in total. The van der Waals surface area contributed by atoms with Gasteiger partial charge in [-0.15, -0.1) is 0 Å². The molecule has 1 atom stereocenters. The first kappa shape index (κ1) is 39.0. The maximum atomic E-state index is 13.5. The smallest absolute Gasteiger partial charge is 0.433 e. The maximum Gasteiger partial charge on any atom is 0.433 e. The SMILES string of the molecule is C=C(OCc1ccc(C(=N/C(=C\C)C(F)(F)F)C(C)CC)cc1)\C(=C/N=C(CCC)\C(C(=C)C1CC1)=C(\N=C/CCC)OC)c1ccn[nH]1. The minimum atomic E-state index is -4.53. The number of rotatable bonds is 19. The Hall–Kier alpha value is -4.47. The van der Waals surface area contributed by atoms with Gasteiger partial charge < -0.3 is 9.47 Å². The van der Waals surface area contributed by atoms with Crippen LogP contribution in [0.5, 0.6) is 0 Å². The van der Waals surface area contributed by atoms with Gasteiger partial charge in [-0.1, -0.05) is 84.0 Å². The minimum Gasteiger partial charge on any atom is -0.489 e. The monoisotopic (exact) mass is 677 g/mol. The van der Waals surface area contributed by atoms with Gasteiger partial charge in [0.15, 0.2) is 0 Å². The van der Waals surface area contributed by atoms with Crippen LogP contribution in [0.15, 0.2) is 105 Å². The van der Waals surface area contributed by atoms with Gasteiger partial charge in [-0.2, -0.15) is 18.3 Å². The molecule has 0 bridgehead atoms. The topological polar surface area (TPSA) is 84.2 Å². The number of aliphatic imine (C=N–C) groups is 3. The number of aromatic amines is 1. The maximum absolute atomic E-state index is 13.5. The van der Waals surface area contributed by atoms with Crippen LogP contribution < -0.4 is 0 Å². The number of nitrogens with zero attached hydrogens (tertiary/aromatic N) is 4. The van der Waals surface area contributed by atoms with Crippen molar-refractivity contribution in [3.05, 3.63) is 107 Å². The molecule has 3 rings (SSSR count). The van der Waals surface area contributed by atoms with Crippen molar-refractivity contribution in [3.63, 3.8) is 0 Å². The Bertz CT molecular complexity index is 1590. The Balaban J connectivity index is 1.93. The molecule has 1 aromatic heterocycles. The lowest BCUT2D eigenvalue weighted by atomic mass is 9.95. The number of ether oxygens (including phenoxy) is 2. The Morgan fingerprint density at radius 1 is 1.10 bits per heavy atom. The number of methoxy groups -OCH3 is 1. The highest BCUT2D eigenvalue weighted by molar-refractivity contribution is 6.05. The van der Waals surface area contributed by atoms with Crippen molar-refractivity contribution < 1.29 is 22.6 Å². The van der Waals surface area contributed by atoms with Crippen molar-refractivity contribution in [2.75, 3.05) is 7.11 Å². The highest BCUT2D eigenvalue weighted by Crippen LogP contribution is 2.41. The van der Waals surface area contributed by atoms with E-state index >= 15 is 0 Å². The molecule has 0 aliphatic heterocycles. The molecule has 2 aromatic rings. The summed E-state index contributed by atoms with van der Waals surface area (Å²) in [6.07, 6.45) is 7.86. The zero-order chi connectivity index (χ0) is 36.0.